The van der Waals surface area contributed by atoms with Gasteiger partial charge in [0.25, 0.3) is 5.91 Å². The van der Waals surface area contributed by atoms with Crippen molar-refractivity contribution in [1.29, 1.82) is 0 Å². The summed E-state index contributed by atoms with van der Waals surface area (Å²) in [5.74, 6) is -0.205. The highest BCUT2D eigenvalue weighted by molar-refractivity contribution is 5.97. The maximum absolute atomic E-state index is 12.1. The van der Waals surface area contributed by atoms with Crippen LogP contribution in [0.2, 0.25) is 0 Å². The average molecular weight is 317 g/mol. The molecule has 0 aromatic heterocycles. The maximum Gasteiger partial charge on any atom is 0.417 e. The van der Waals surface area contributed by atoms with E-state index >= 15 is 0 Å². The smallest absolute Gasteiger partial charge is 0.417 e. The van der Waals surface area contributed by atoms with E-state index in [4.69, 9.17) is 0 Å². The first-order valence-electron chi connectivity index (χ1n) is 7.54. The van der Waals surface area contributed by atoms with Crippen LogP contribution in [-0.2, 0) is 9.53 Å². The fourth-order valence-electron chi connectivity index (χ4n) is 2.69. The molecule has 0 atom stereocenters. The lowest BCUT2D eigenvalue weighted by molar-refractivity contribution is -0.126. The number of ether oxygens (including phenoxy) is 1. The van der Waals surface area contributed by atoms with Crippen LogP contribution in [0.4, 0.5) is 15.3 Å². The molecule has 2 heterocycles. The number of hydrogen-bond acceptors (Lipinski definition) is 4. The number of imide groups is 1. The Kier molecular flexibility index (Phi) is 3.94. The molecule has 7 nitrogen and oxygen atoms in total. The second-order valence-electron chi connectivity index (χ2n) is 6.06. The molecule has 2 saturated heterocycles. The van der Waals surface area contributed by atoms with E-state index in [0.29, 0.717) is 19.6 Å². The molecule has 2 fully saturated rings. The van der Waals surface area contributed by atoms with Gasteiger partial charge in [0.1, 0.15) is 0 Å². The Morgan fingerprint density at radius 3 is 2.61 bits per heavy atom. The number of cyclic esters (lactones) is 1. The lowest BCUT2D eigenvalue weighted by atomic mass is 10.00. The van der Waals surface area contributed by atoms with Crippen LogP contribution < -0.4 is 5.32 Å². The molecule has 2 aliphatic heterocycles. The Morgan fingerprint density at radius 2 is 2.00 bits per heavy atom. The van der Waals surface area contributed by atoms with Crippen LogP contribution in [-0.4, -0.2) is 54.1 Å². The first kappa shape index (κ1) is 15.3. The van der Waals surface area contributed by atoms with E-state index in [1.807, 2.05) is 32.0 Å². The van der Waals surface area contributed by atoms with Crippen LogP contribution in [0, 0.1) is 19.8 Å². The van der Waals surface area contributed by atoms with E-state index in [0.717, 1.165) is 16.2 Å². The summed E-state index contributed by atoms with van der Waals surface area (Å²) in [6.45, 7) is 5.19. The van der Waals surface area contributed by atoms with Gasteiger partial charge < -0.3 is 15.0 Å². The minimum Gasteiger partial charge on any atom is -0.439 e. The maximum atomic E-state index is 12.1. The Balaban J connectivity index is 1.49. The number of amides is 4. The number of hydrogen-bond donors (Lipinski definition) is 1. The second kappa shape index (κ2) is 5.91. The minimum atomic E-state index is -0.590. The molecule has 1 N–H and O–H groups in total. The SMILES string of the molecule is Cc1ccc(NC(=O)N2CC(CN3C(=O)COC3=O)C2)cc1C. The minimum absolute atomic E-state index is 0.107. The Morgan fingerprint density at radius 1 is 1.26 bits per heavy atom. The number of nitrogens with one attached hydrogen (secondary N) is 1. The summed E-state index contributed by atoms with van der Waals surface area (Å²) >= 11 is 0. The monoisotopic (exact) mass is 317 g/mol. The number of carbonyl (C=O) groups is 3. The van der Waals surface area contributed by atoms with Gasteiger partial charge in [-0.3, -0.25) is 4.79 Å². The van der Waals surface area contributed by atoms with Crippen molar-refractivity contribution in [2.24, 2.45) is 5.92 Å². The van der Waals surface area contributed by atoms with Gasteiger partial charge in [-0.25, -0.2) is 14.5 Å². The molecule has 2 aliphatic rings. The van der Waals surface area contributed by atoms with Crippen molar-refractivity contribution >= 4 is 23.7 Å². The van der Waals surface area contributed by atoms with Crippen molar-refractivity contribution in [1.82, 2.24) is 9.80 Å². The third-order valence-electron chi connectivity index (χ3n) is 4.28. The number of carbonyl (C=O) groups excluding carboxylic acids is 3. The molecule has 0 bridgehead atoms. The van der Waals surface area contributed by atoms with E-state index < -0.39 is 6.09 Å². The highest BCUT2D eigenvalue weighted by Gasteiger charge is 2.38. The van der Waals surface area contributed by atoms with Gasteiger partial charge >= 0.3 is 12.1 Å². The van der Waals surface area contributed by atoms with E-state index in [1.165, 1.54) is 5.56 Å². The highest BCUT2D eigenvalue weighted by Crippen LogP contribution is 2.21. The third-order valence-corrected chi connectivity index (χ3v) is 4.28. The van der Waals surface area contributed by atoms with Gasteiger partial charge in [-0.05, 0) is 37.1 Å². The van der Waals surface area contributed by atoms with Crippen LogP contribution >= 0.6 is 0 Å². The summed E-state index contributed by atoms with van der Waals surface area (Å²) in [7, 11) is 0. The molecule has 7 heteroatoms. The van der Waals surface area contributed by atoms with E-state index in [9.17, 15) is 14.4 Å². The number of urea groups is 1. The van der Waals surface area contributed by atoms with E-state index in [-0.39, 0.29) is 24.5 Å². The molecule has 4 amide bonds. The largest absolute Gasteiger partial charge is 0.439 e. The van der Waals surface area contributed by atoms with Gasteiger partial charge in [0.05, 0.1) is 0 Å². The van der Waals surface area contributed by atoms with Crippen molar-refractivity contribution in [2.45, 2.75) is 13.8 Å². The molecule has 23 heavy (non-hydrogen) atoms. The quantitative estimate of drug-likeness (QED) is 0.921. The van der Waals surface area contributed by atoms with Crippen molar-refractivity contribution in [3.8, 4) is 0 Å². The molecular formula is C16H19N3O4. The Bertz CT molecular complexity index is 651. The standard InChI is InChI=1S/C16H19N3O4/c1-10-3-4-13(5-11(10)2)17-15(21)18-6-12(7-18)8-19-14(20)9-23-16(19)22/h3-5,12H,6-9H2,1-2H3,(H,17,21). The van der Waals surface area contributed by atoms with Crippen molar-refractivity contribution < 1.29 is 19.1 Å². The second-order valence-corrected chi connectivity index (χ2v) is 6.06. The third kappa shape index (κ3) is 3.13. The van der Waals surface area contributed by atoms with Crippen LogP contribution in [0.3, 0.4) is 0 Å². The lowest BCUT2D eigenvalue weighted by Crippen LogP contribution is -2.55. The van der Waals surface area contributed by atoms with Crippen molar-refractivity contribution in [3.63, 3.8) is 0 Å². The van der Waals surface area contributed by atoms with Crippen LogP contribution in [0.5, 0.6) is 0 Å². The first-order chi connectivity index (χ1) is 10.9. The van der Waals surface area contributed by atoms with Crippen molar-refractivity contribution in [2.75, 3.05) is 31.6 Å². The molecule has 0 saturated carbocycles. The predicted octanol–water partition coefficient (Wildman–Crippen LogP) is 1.75. The Hall–Kier alpha value is -2.57. The van der Waals surface area contributed by atoms with E-state index in [2.05, 4.69) is 10.1 Å². The molecule has 3 rings (SSSR count). The van der Waals surface area contributed by atoms with Gasteiger partial charge in [0, 0.05) is 31.2 Å². The molecule has 0 unspecified atom stereocenters. The number of nitrogens with zero attached hydrogens (tertiary/aromatic N) is 2. The number of benzene rings is 1. The number of aryl methyl sites for hydroxylation is 2. The fraction of sp³-hybridized carbons (Fsp3) is 0.438. The molecular weight excluding hydrogens is 298 g/mol. The molecule has 1 aromatic rings. The van der Waals surface area contributed by atoms with Gasteiger partial charge in [0.2, 0.25) is 0 Å². The van der Waals surface area contributed by atoms with Gasteiger partial charge in [-0.2, -0.15) is 0 Å². The zero-order chi connectivity index (χ0) is 16.6. The normalized spacial score (nSPS) is 18.0. The number of rotatable bonds is 3. The van der Waals surface area contributed by atoms with Crippen LogP contribution in [0.15, 0.2) is 18.2 Å². The summed E-state index contributed by atoms with van der Waals surface area (Å²) < 4.78 is 4.67. The summed E-state index contributed by atoms with van der Waals surface area (Å²) in [6, 6.07) is 5.61. The lowest BCUT2D eigenvalue weighted by Gasteiger charge is -2.40. The highest BCUT2D eigenvalue weighted by atomic mass is 16.6. The number of anilines is 1. The molecule has 0 radical (unpaired) electrons. The summed E-state index contributed by atoms with van der Waals surface area (Å²) in [5.41, 5.74) is 3.06. The van der Waals surface area contributed by atoms with Crippen LogP contribution in [0.1, 0.15) is 11.1 Å². The summed E-state index contributed by atoms with van der Waals surface area (Å²) in [4.78, 5) is 37.7. The summed E-state index contributed by atoms with van der Waals surface area (Å²) in [6.07, 6.45) is -0.590. The van der Waals surface area contributed by atoms with E-state index in [1.54, 1.807) is 4.90 Å². The predicted molar refractivity (Wildman–Crippen MR) is 83.1 cm³/mol. The molecule has 1 aromatic carbocycles. The topological polar surface area (TPSA) is 79.0 Å². The van der Waals surface area contributed by atoms with Gasteiger partial charge in [-0.1, -0.05) is 6.07 Å². The first-order valence-corrected chi connectivity index (χ1v) is 7.54. The zero-order valence-electron chi connectivity index (χ0n) is 13.2. The molecule has 0 spiro atoms. The zero-order valence-corrected chi connectivity index (χ0v) is 13.2. The number of likely N-dealkylation sites (tertiary alicyclic amines) is 1. The van der Waals surface area contributed by atoms with Crippen molar-refractivity contribution in [3.05, 3.63) is 29.3 Å². The Labute approximate surface area is 134 Å². The molecule has 122 valence electrons. The van der Waals surface area contributed by atoms with Gasteiger partial charge in [-0.15, -0.1) is 0 Å². The summed E-state index contributed by atoms with van der Waals surface area (Å²) in [5, 5.41) is 2.86. The van der Waals surface area contributed by atoms with Gasteiger partial charge in [0.15, 0.2) is 6.61 Å². The average Bonchev–Trinajstić information content (AvgIpc) is 2.77. The fourth-order valence-corrected chi connectivity index (χ4v) is 2.69. The molecule has 0 aliphatic carbocycles. The van der Waals surface area contributed by atoms with Crippen LogP contribution in [0.25, 0.3) is 0 Å².